The number of aromatic amines is 1. The lowest BCUT2D eigenvalue weighted by Gasteiger charge is -2.29. The van der Waals surface area contributed by atoms with Gasteiger partial charge < -0.3 is 11.1 Å². The van der Waals surface area contributed by atoms with Gasteiger partial charge in [-0.25, -0.2) is 4.98 Å². The van der Waals surface area contributed by atoms with Crippen molar-refractivity contribution in [2.45, 2.75) is 51.5 Å². The molecule has 0 radical (unpaired) electrons. The van der Waals surface area contributed by atoms with Gasteiger partial charge in [-0.15, -0.1) is 0 Å². The van der Waals surface area contributed by atoms with Crippen LogP contribution in [-0.2, 0) is 18.3 Å². The van der Waals surface area contributed by atoms with Crippen LogP contribution in [0, 0.1) is 13.8 Å². The van der Waals surface area contributed by atoms with E-state index in [1.165, 1.54) is 0 Å². The normalized spacial score (nSPS) is 16.7. The van der Waals surface area contributed by atoms with Crippen molar-refractivity contribution in [1.82, 2.24) is 20.1 Å². The zero-order chi connectivity index (χ0) is 17.5. The Kier molecular flexibility index (Phi) is 4.21. The lowest BCUT2D eigenvalue weighted by molar-refractivity contribution is -0.122. The van der Waals surface area contributed by atoms with Gasteiger partial charge in [-0.2, -0.15) is 0 Å². The fourth-order valence-electron chi connectivity index (χ4n) is 3.84. The van der Waals surface area contributed by atoms with Crippen molar-refractivity contribution >= 4 is 16.9 Å². The van der Waals surface area contributed by atoms with Crippen molar-refractivity contribution in [2.75, 3.05) is 6.54 Å². The van der Waals surface area contributed by atoms with E-state index in [4.69, 9.17) is 5.73 Å². The summed E-state index contributed by atoms with van der Waals surface area (Å²) in [4.78, 5) is 29.2. The van der Waals surface area contributed by atoms with Crippen LogP contribution in [0.4, 0.5) is 0 Å². The molecule has 0 aromatic carbocycles. The van der Waals surface area contributed by atoms with Crippen molar-refractivity contribution in [1.29, 1.82) is 0 Å². The summed E-state index contributed by atoms with van der Waals surface area (Å²) in [7, 11) is 1.76. The lowest BCUT2D eigenvalue weighted by Crippen LogP contribution is -2.52. The first-order chi connectivity index (χ1) is 11.4. The Labute approximate surface area is 140 Å². The van der Waals surface area contributed by atoms with Crippen LogP contribution >= 0.6 is 0 Å². The highest BCUT2D eigenvalue weighted by atomic mass is 16.1. The number of aryl methyl sites for hydroxylation is 3. The Hall–Kier alpha value is -2.15. The number of rotatable bonds is 4. The molecule has 0 unspecified atom stereocenters. The number of nitrogens with two attached hydrogens (primary N) is 1. The molecular formula is C17H25N5O2. The molecule has 1 aliphatic rings. The van der Waals surface area contributed by atoms with E-state index < -0.39 is 0 Å². The molecule has 3 rings (SSSR count). The number of aromatic nitrogens is 3. The van der Waals surface area contributed by atoms with Crippen molar-refractivity contribution in [3.63, 3.8) is 0 Å². The molecule has 130 valence electrons. The first-order valence-electron chi connectivity index (χ1n) is 8.43. The average Bonchev–Trinajstić information content (AvgIpc) is 3.09. The predicted molar refractivity (Wildman–Crippen MR) is 92.9 cm³/mol. The Bertz CT molecular complexity index is 843. The van der Waals surface area contributed by atoms with Crippen molar-refractivity contribution in [3.8, 4) is 0 Å². The molecule has 1 aliphatic carbocycles. The smallest absolute Gasteiger partial charge is 0.273 e. The molecule has 24 heavy (non-hydrogen) atoms. The molecule has 1 amide bonds. The number of nitrogens with one attached hydrogen (secondary N) is 2. The maximum Gasteiger partial charge on any atom is 0.273 e. The molecule has 0 spiro atoms. The van der Waals surface area contributed by atoms with Gasteiger partial charge in [-0.3, -0.25) is 19.4 Å². The highest BCUT2D eigenvalue weighted by molar-refractivity contribution is 5.85. The molecule has 2 heterocycles. The van der Waals surface area contributed by atoms with Crippen LogP contribution in [0.25, 0.3) is 11.0 Å². The van der Waals surface area contributed by atoms with E-state index >= 15 is 0 Å². The second-order valence-electron chi connectivity index (χ2n) is 6.92. The number of H-pyrrole nitrogens is 1. The molecule has 2 aromatic rings. The minimum atomic E-state index is -0.263. The minimum Gasteiger partial charge on any atom is -0.349 e. The lowest BCUT2D eigenvalue weighted by atomic mass is 9.96. The SMILES string of the molecule is Cc1nc2c(c(C)c1CC(=O)NC1(CN)CCCC1)c(=O)[nH]n2C. The molecule has 1 saturated carbocycles. The Morgan fingerprint density at radius 1 is 1.38 bits per heavy atom. The number of hydrogen-bond acceptors (Lipinski definition) is 4. The van der Waals surface area contributed by atoms with Gasteiger partial charge in [0.25, 0.3) is 5.56 Å². The van der Waals surface area contributed by atoms with Gasteiger partial charge in [0, 0.05) is 19.3 Å². The van der Waals surface area contributed by atoms with E-state index in [0.29, 0.717) is 17.6 Å². The number of nitrogens with zero attached hydrogens (tertiary/aromatic N) is 2. The summed E-state index contributed by atoms with van der Waals surface area (Å²) >= 11 is 0. The highest BCUT2D eigenvalue weighted by Crippen LogP contribution is 2.29. The van der Waals surface area contributed by atoms with E-state index in [1.54, 1.807) is 11.7 Å². The quantitative estimate of drug-likeness (QED) is 0.771. The molecule has 7 heteroatoms. The van der Waals surface area contributed by atoms with E-state index in [1.807, 2.05) is 13.8 Å². The van der Waals surface area contributed by atoms with E-state index in [-0.39, 0.29) is 23.4 Å². The van der Waals surface area contributed by atoms with Gasteiger partial charge in [-0.1, -0.05) is 12.8 Å². The molecular weight excluding hydrogens is 306 g/mol. The average molecular weight is 331 g/mol. The maximum absolute atomic E-state index is 12.6. The number of pyridine rings is 1. The van der Waals surface area contributed by atoms with Gasteiger partial charge in [0.05, 0.1) is 17.3 Å². The van der Waals surface area contributed by atoms with Crippen molar-refractivity contribution in [2.24, 2.45) is 12.8 Å². The topological polar surface area (TPSA) is 106 Å². The van der Waals surface area contributed by atoms with Crippen LogP contribution in [0.2, 0.25) is 0 Å². The summed E-state index contributed by atoms with van der Waals surface area (Å²) in [5, 5.41) is 6.41. The summed E-state index contributed by atoms with van der Waals surface area (Å²) in [6.07, 6.45) is 4.28. The monoisotopic (exact) mass is 331 g/mol. The maximum atomic E-state index is 12.6. The van der Waals surface area contributed by atoms with Gasteiger partial charge in [-0.05, 0) is 37.8 Å². The van der Waals surface area contributed by atoms with Gasteiger partial charge in [0.15, 0.2) is 5.65 Å². The van der Waals surface area contributed by atoms with Crippen LogP contribution in [0.15, 0.2) is 4.79 Å². The molecule has 1 fully saturated rings. The Morgan fingerprint density at radius 2 is 2.04 bits per heavy atom. The summed E-state index contributed by atoms with van der Waals surface area (Å²) in [6, 6.07) is 0. The fraction of sp³-hybridized carbons (Fsp3) is 0.588. The molecule has 4 N–H and O–H groups in total. The van der Waals surface area contributed by atoms with E-state index in [0.717, 1.165) is 42.5 Å². The molecule has 0 atom stereocenters. The van der Waals surface area contributed by atoms with Crippen molar-refractivity contribution in [3.05, 3.63) is 27.2 Å². The van der Waals surface area contributed by atoms with Crippen LogP contribution in [0.3, 0.4) is 0 Å². The minimum absolute atomic E-state index is 0.0536. The first kappa shape index (κ1) is 16.7. The van der Waals surface area contributed by atoms with Crippen LogP contribution in [-0.4, -0.2) is 32.8 Å². The summed E-state index contributed by atoms with van der Waals surface area (Å²) in [5.41, 5.74) is 8.49. The summed E-state index contributed by atoms with van der Waals surface area (Å²) < 4.78 is 1.61. The largest absolute Gasteiger partial charge is 0.349 e. The third kappa shape index (κ3) is 2.73. The van der Waals surface area contributed by atoms with Gasteiger partial charge >= 0.3 is 0 Å². The molecule has 2 aromatic heterocycles. The summed E-state index contributed by atoms with van der Waals surface area (Å²) in [6.45, 7) is 4.22. The standard InChI is InChI=1S/C17H25N5O2/c1-10-12(8-13(23)20-17(9-18)6-4-5-7-17)11(2)19-15-14(10)16(24)21-22(15)3/h4-9,18H2,1-3H3,(H,20,23)(H,21,24). The molecule has 0 bridgehead atoms. The van der Waals surface area contributed by atoms with Crippen molar-refractivity contribution < 1.29 is 4.79 Å². The number of hydrogen-bond donors (Lipinski definition) is 3. The first-order valence-corrected chi connectivity index (χ1v) is 8.43. The highest BCUT2D eigenvalue weighted by Gasteiger charge is 2.34. The third-order valence-corrected chi connectivity index (χ3v) is 5.27. The summed E-state index contributed by atoms with van der Waals surface area (Å²) in [5.74, 6) is -0.0536. The van der Waals surface area contributed by atoms with Crippen LogP contribution < -0.4 is 16.6 Å². The number of fused-ring (bicyclic) bond motifs is 1. The van der Waals surface area contributed by atoms with Gasteiger partial charge in [0.2, 0.25) is 5.91 Å². The fourth-order valence-corrected chi connectivity index (χ4v) is 3.84. The Balaban J connectivity index is 1.91. The second kappa shape index (κ2) is 6.05. The van der Waals surface area contributed by atoms with E-state index in [9.17, 15) is 9.59 Å². The zero-order valence-corrected chi connectivity index (χ0v) is 14.5. The Morgan fingerprint density at radius 3 is 2.67 bits per heavy atom. The zero-order valence-electron chi connectivity index (χ0n) is 14.5. The third-order valence-electron chi connectivity index (χ3n) is 5.27. The molecule has 7 nitrogen and oxygen atoms in total. The van der Waals surface area contributed by atoms with E-state index in [2.05, 4.69) is 15.4 Å². The molecule has 0 aliphatic heterocycles. The number of carbonyl (C=O) groups is 1. The van der Waals surface area contributed by atoms with Crippen LogP contribution in [0.5, 0.6) is 0 Å². The predicted octanol–water partition coefficient (Wildman–Crippen LogP) is 0.809. The number of amides is 1. The second-order valence-corrected chi connectivity index (χ2v) is 6.92. The molecule has 0 saturated heterocycles. The van der Waals surface area contributed by atoms with Crippen LogP contribution in [0.1, 0.15) is 42.5 Å². The number of carbonyl (C=O) groups excluding carboxylic acids is 1. The van der Waals surface area contributed by atoms with Gasteiger partial charge in [0.1, 0.15) is 0 Å².